The van der Waals surface area contributed by atoms with E-state index in [0.29, 0.717) is 0 Å². The molecule has 0 bridgehead atoms. The van der Waals surface area contributed by atoms with Crippen molar-refractivity contribution in [2.75, 3.05) is 0 Å². The quantitative estimate of drug-likeness (QED) is 0.454. The molecule has 3 nitrogen and oxygen atoms in total. The Morgan fingerprint density at radius 3 is 2.93 bits per heavy atom. The minimum atomic E-state index is 0.916. The lowest BCUT2D eigenvalue weighted by molar-refractivity contribution is 0.322. The molecule has 1 aromatic heterocycles. The Bertz CT molecular complexity index is 512. The molecule has 3 heteroatoms. The molecule has 0 saturated heterocycles. The predicted octanol–water partition coefficient (Wildman–Crippen LogP) is 2.78. The molecular weight excluding hydrogens is 188 g/mol. The van der Waals surface area contributed by atoms with Crippen LogP contribution in [0.25, 0.3) is 10.9 Å². The first-order valence-electron chi connectivity index (χ1n) is 5.03. The summed E-state index contributed by atoms with van der Waals surface area (Å²) >= 11 is 0. The third-order valence-corrected chi connectivity index (χ3v) is 2.61. The summed E-state index contributed by atoms with van der Waals surface area (Å²) in [5.41, 5.74) is 3.38. The van der Waals surface area contributed by atoms with Crippen LogP contribution in [-0.2, 0) is 6.54 Å². The second-order valence-corrected chi connectivity index (χ2v) is 3.64. The van der Waals surface area contributed by atoms with Gasteiger partial charge in [0.25, 0.3) is 0 Å². The van der Waals surface area contributed by atoms with E-state index < -0.39 is 0 Å². The molecule has 0 radical (unpaired) electrons. The van der Waals surface area contributed by atoms with Gasteiger partial charge in [0, 0.05) is 29.2 Å². The highest BCUT2D eigenvalue weighted by Crippen LogP contribution is 2.21. The molecule has 0 aliphatic carbocycles. The molecule has 15 heavy (non-hydrogen) atoms. The average Bonchev–Trinajstić information content (AvgIpc) is 2.56. The van der Waals surface area contributed by atoms with Crippen LogP contribution < -0.4 is 0 Å². The SMILES string of the molecule is CCn1cc(/C=N\O)c2ccc(C)cc21. The van der Waals surface area contributed by atoms with Crippen molar-refractivity contribution in [1.82, 2.24) is 4.57 Å². The Labute approximate surface area is 88.6 Å². The van der Waals surface area contributed by atoms with E-state index in [9.17, 15) is 0 Å². The molecule has 0 aliphatic heterocycles. The lowest BCUT2D eigenvalue weighted by Gasteiger charge is -2.00. The number of fused-ring (bicyclic) bond motifs is 1. The molecule has 0 fully saturated rings. The second-order valence-electron chi connectivity index (χ2n) is 3.64. The second kappa shape index (κ2) is 3.77. The van der Waals surface area contributed by atoms with Crippen molar-refractivity contribution in [1.29, 1.82) is 0 Å². The third-order valence-electron chi connectivity index (χ3n) is 2.61. The first kappa shape index (κ1) is 9.77. The lowest BCUT2D eigenvalue weighted by atomic mass is 10.1. The number of rotatable bonds is 2. The first-order chi connectivity index (χ1) is 7.26. The Morgan fingerprint density at radius 1 is 1.47 bits per heavy atom. The summed E-state index contributed by atoms with van der Waals surface area (Å²) in [4.78, 5) is 0. The van der Waals surface area contributed by atoms with Crippen LogP contribution in [0.5, 0.6) is 0 Å². The fourth-order valence-corrected chi connectivity index (χ4v) is 1.86. The standard InChI is InChI=1S/C12H14N2O/c1-3-14-8-10(7-13-15)11-5-4-9(2)6-12(11)14/h4-8,15H,3H2,1-2H3/b13-7-. The summed E-state index contributed by atoms with van der Waals surface area (Å²) < 4.78 is 2.15. The summed E-state index contributed by atoms with van der Waals surface area (Å²) in [5, 5.41) is 12.8. The highest BCUT2D eigenvalue weighted by atomic mass is 16.4. The Kier molecular flexibility index (Phi) is 2.46. The van der Waals surface area contributed by atoms with E-state index in [1.165, 1.54) is 17.3 Å². The smallest absolute Gasteiger partial charge is 0.0755 e. The van der Waals surface area contributed by atoms with Gasteiger partial charge in [0.05, 0.1) is 6.21 Å². The number of aromatic nitrogens is 1. The van der Waals surface area contributed by atoms with Crippen molar-refractivity contribution < 1.29 is 5.21 Å². The fourth-order valence-electron chi connectivity index (χ4n) is 1.86. The van der Waals surface area contributed by atoms with E-state index in [-0.39, 0.29) is 0 Å². The van der Waals surface area contributed by atoms with Crippen molar-refractivity contribution in [3.05, 3.63) is 35.5 Å². The summed E-state index contributed by atoms with van der Waals surface area (Å²) in [6.45, 7) is 5.09. The molecule has 2 rings (SSSR count). The van der Waals surface area contributed by atoms with Gasteiger partial charge in [0.15, 0.2) is 0 Å². The van der Waals surface area contributed by atoms with E-state index >= 15 is 0 Å². The predicted molar refractivity (Wildman–Crippen MR) is 61.7 cm³/mol. The number of aryl methyl sites for hydroxylation is 2. The largest absolute Gasteiger partial charge is 0.411 e. The highest BCUT2D eigenvalue weighted by Gasteiger charge is 2.05. The number of nitrogens with zero attached hydrogens (tertiary/aromatic N) is 2. The van der Waals surface area contributed by atoms with E-state index in [0.717, 1.165) is 17.5 Å². The number of oxime groups is 1. The average molecular weight is 202 g/mol. The van der Waals surface area contributed by atoms with Crippen molar-refractivity contribution in [2.24, 2.45) is 5.16 Å². The van der Waals surface area contributed by atoms with Crippen LogP contribution in [0.15, 0.2) is 29.6 Å². The Morgan fingerprint density at radius 2 is 2.27 bits per heavy atom. The van der Waals surface area contributed by atoms with Crippen LogP contribution in [0.1, 0.15) is 18.1 Å². The highest BCUT2D eigenvalue weighted by molar-refractivity contribution is 5.99. The molecule has 0 atom stereocenters. The van der Waals surface area contributed by atoms with Gasteiger partial charge < -0.3 is 9.77 Å². The van der Waals surface area contributed by atoms with Gasteiger partial charge in [-0.2, -0.15) is 0 Å². The zero-order chi connectivity index (χ0) is 10.8. The van der Waals surface area contributed by atoms with Gasteiger partial charge in [-0.3, -0.25) is 0 Å². The van der Waals surface area contributed by atoms with Crippen molar-refractivity contribution in [3.8, 4) is 0 Å². The van der Waals surface area contributed by atoms with Gasteiger partial charge in [0.2, 0.25) is 0 Å². The first-order valence-corrected chi connectivity index (χ1v) is 5.03. The Balaban J connectivity index is 2.74. The summed E-state index contributed by atoms with van der Waals surface area (Å²) in [7, 11) is 0. The molecule has 78 valence electrons. The van der Waals surface area contributed by atoms with Gasteiger partial charge in [-0.1, -0.05) is 17.3 Å². The minimum Gasteiger partial charge on any atom is -0.411 e. The van der Waals surface area contributed by atoms with Crippen molar-refractivity contribution in [2.45, 2.75) is 20.4 Å². The van der Waals surface area contributed by atoms with E-state index in [2.05, 4.69) is 41.8 Å². The maximum atomic E-state index is 8.58. The van der Waals surface area contributed by atoms with Crippen LogP contribution in [0.4, 0.5) is 0 Å². The van der Waals surface area contributed by atoms with Crippen LogP contribution in [0.2, 0.25) is 0 Å². The van der Waals surface area contributed by atoms with Crippen LogP contribution in [-0.4, -0.2) is 16.0 Å². The molecule has 0 unspecified atom stereocenters. The molecule has 1 N–H and O–H groups in total. The van der Waals surface area contributed by atoms with E-state index in [1.807, 2.05) is 6.20 Å². The fraction of sp³-hybridized carbons (Fsp3) is 0.250. The Hall–Kier alpha value is -1.77. The summed E-state index contributed by atoms with van der Waals surface area (Å²) in [6.07, 6.45) is 3.48. The maximum Gasteiger partial charge on any atom is 0.0755 e. The molecular formula is C12H14N2O. The molecule has 0 saturated carbocycles. The van der Waals surface area contributed by atoms with E-state index in [1.54, 1.807) is 0 Å². The van der Waals surface area contributed by atoms with Crippen molar-refractivity contribution >= 4 is 17.1 Å². The zero-order valence-electron chi connectivity index (χ0n) is 8.94. The topological polar surface area (TPSA) is 37.5 Å². The normalized spacial score (nSPS) is 11.6. The van der Waals surface area contributed by atoms with Crippen LogP contribution in [0, 0.1) is 6.92 Å². The van der Waals surface area contributed by atoms with Crippen molar-refractivity contribution in [3.63, 3.8) is 0 Å². The van der Waals surface area contributed by atoms with Gasteiger partial charge in [-0.15, -0.1) is 0 Å². The number of hydrogen-bond donors (Lipinski definition) is 1. The molecule has 0 amide bonds. The van der Waals surface area contributed by atoms with E-state index in [4.69, 9.17) is 5.21 Å². The number of hydrogen-bond acceptors (Lipinski definition) is 2. The molecule has 0 spiro atoms. The maximum absolute atomic E-state index is 8.58. The molecule has 0 aliphatic rings. The summed E-state index contributed by atoms with van der Waals surface area (Å²) in [6, 6.07) is 6.28. The van der Waals surface area contributed by atoms with Gasteiger partial charge in [-0.25, -0.2) is 0 Å². The van der Waals surface area contributed by atoms with Crippen LogP contribution >= 0.6 is 0 Å². The lowest BCUT2D eigenvalue weighted by Crippen LogP contribution is -1.90. The monoisotopic (exact) mass is 202 g/mol. The molecule has 1 aromatic carbocycles. The minimum absolute atomic E-state index is 0.916. The number of benzene rings is 1. The van der Waals surface area contributed by atoms with Gasteiger partial charge in [0.1, 0.15) is 0 Å². The molecule has 1 heterocycles. The molecule has 2 aromatic rings. The van der Waals surface area contributed by atoms with Gasteiger partial charge in [-0.05, 0) is 25.5 Å². The third kappa shape index (κ3) is 1.61. The van der Waals surface area contributed by atoms with Gasteiger partial charge >= 0.3 is 0 Å². The van der Waals surface area contributed by atoms with Crippen LogP contribution in [0.3, 0.4) is 0 Å². The summed E-state index contributed by atoms with van der Waals surface area (Å²) in [5.74, 6) is 0. The zero-order valence-corrected chi connectivity index (χ0v) is 8.94.